The van der Waals surface area contributed by atoms with E-state index in [1.54, 1.807) is 6.20 Å². The first-order valence-corrected chi connectivity index (χ1v) is 13.9. The Balaban J connectivity index is 0.00000337. The Morgan fingerprint density at radius 3 is 2.15 bits per heavy atom. The molecule has 2 atom stereocenters. The quantitative estimate of drug-likeness (QED) is 0.152. The first kappa shape index (κ1) is 29.5. The SMILES string of the molecule is Cc1ccc2c(c1)[N@@+]1(C)[CH-][N@+]2(c2[c-]c(Oc3[c-]c(Oc4cc(C(C)(C)C)ccn4)ccc3)cc(C(C)(C)C)c2)C1.[Pt]. The van der Waals surface area contributed by atoms with Crippen molar-refractivity contribution in [3.05, 3.63) is 102 Å². The molecule has 41 heavy (non-hydrogen) atoms. The molecule has 4 aromatic rings. The molecule has 1 fully saturated rings. The number of quaternary nitrogens is 2. The summed E-state index contributed by atoms with van der Waals surface area (Å²) in [5.41, 5.74) is 7.37. The van der Waals surface area contributed by atoms with Crippen molar-refractivity contribution in [1.82, 2.24) is 14.0 Å². The van der Waals surface area contributed by atoms with E-state index in [0.717, 1.165) is 22.4 Å². The molecule has 1 aromatic heterocycles. The normalized spacial score (nSPS) is 21.0. The van der Waals surface area contributed by atoms with Crippen LogP contribution in [0.25, 0.3) is 0 Å². The molecule has 2 bridgehead atoms. The molecule has 3 aromatic carbocycles. The van der Waals surface area contributed by atoms with E-state index in [2.05, 4.69) is 110 Å². The van der Waals surface area contributed by atoms with Crippen LogP contribution in [0.2, 0.25) is 0 Å². The molecule has 0 spiro atoms. The number of rotatable bonds is 5. The largest absolute Gasteiger partial charge is 0.509 e. The van der Waals surface area contributed by atoms with Gasteiger partial charge in [-0.05, 0) is 34.9 Å². The van der Waals surface area contributed by atoms with Gasteiger partial charge >= 0.3 is 0 Å². The van der Waals surface area contributed by atoms with Gasteiger partial charge in [0.15, 0.2) is 18.0 Å². The van der Waals surface area contributed by atoms with Crippen LogP contribution in [0, 0.1) is 25.7 Å². The van der Waals surface area contributed by atoms with E-state index in [4.69, 9.17) is 9.47 Å². The minimum atomic E-state index is -0.0580. The number of nitrogens with zero attached hydrogens (tertiary/aromatic N) is 3. The number of hydrogen-bond acceptors (Lipinski definition) is 3. The molecule has 0 amide bonds. The van der Waals surface area contributed by atoms with Crippen LogP contribution in [0.5, 0.6) is 23.1 Å². The first-order valence-electron chi connectivity index (χ1n) is 13.9. The van der Waals surface area contributed by atoms with Crippen LogP contribution in [-0.4, -0.2) is 18.7 Å². The van der Waals surface area contributed by atoms with Crippen molar-refractivity contribution in [2.45, 2.75) is 59.3 Å². The van der Waals surface area contributed by atoms with Crippen molar-refractivity contribution in [3.8, 4) is 23.1 Å². The zero-order valence-electron chi connectivity index (χ0n) is 25.1. The maximum absolute atomic E-state index is 6.42. The predicted octanol–water partition coefficient (Wildman–Crippen LogP) is 8.85. The second-order valence-corrected chi connectivity index (χ2v) is 13.5. The summed E-state index contributed by atoms with van der Waals surface area (Å²) in [5.74, 6) is 2.34. The number of benzene rings is 3. The van der Waals surface area contributed by atoms with E-state index >= 15 is 0 Å². The fourth-order valence-corrected chi connectivity index (χ4v) is 5.74. The summed E-state index contributed by atoms with van der Waals surface area (Å²) in [6.07, 6.45) is 1.78. The maximum Gasteiger partial charge on any atom is 0.216 e. The van der Waals surface area contributed by atoms with Crippen molar-refractivity contribution >= 4 is 17.1 Å². The Kier molecular flexibility index (Phi) is 7.26. The number of hydrogen-bond donors (Lipinski definition) is 0. The Morgan fingerprint density at radius 2 is 1.46 bits per heavy atom. The van der Waals surface area contributed by atoms with Gasteiger partial charge in [0.05, 0.1) is 13.7 Å². The zero-order chi connectivity index (χ0) is 28.5. The summed E-state index contributed by atoms with van der Waals surface area (Å²) in [6, 6.07) is 27.8. The second-order valence-electron chi connectivity index (χ2n) is 13.5. The van der Waals surface area contributed by atoms with Crippen LogP contribution in [0.1, 0.15) is 58.2 Å². The van der Waals surface area contributed by atoms with Gasteiger partial charge in [0.1, 0.15) is 0 Å². The van der Waals surface area contributed by atoms with Crippen LogP contribution < -0.4 is 18.4 Å². The van der Waals surface area contributed by atoms with Gasteiger partial charge < -0.3 is 18.4 Å². The molecule has 0 N–H and O–H groups in total. The van der Waals surface area contributed by atoms with Crippen molar-refractivity contribution < 1.29 is 30.5 Å². The fourth-order valence-electron chi connectivity index (χ4n) is 5.74. The van der Waals surface area contributed by atoms with Crippen LogP contribution in [0.4, 0.5) is 17.1 Å². The Morgan fingerprint density at radius 1 is 0.780 bits per heavy atom. The standard InChI is InChI=1S/C35H38N3O2.Pt/c1-24-12-13-31-32(16-24)37(8)22-38(31,23-37)27-17-26(35(5,6)7)18-30(20-27)39-28-10-9-11-29(21-28)40-33-19-25(14-15-36-33)34(2,3)4;/h9-19,22H,23H2,1-8H3;/q-1;/t37-,38+;/m0./s1. The third-order valence-corrected chi connectivity index (χ3v) is 7.98. The van der Waals surface area contributed by atoms with Gasteiger partial charge in [0, 0.05) is 68.4 Å². The van der Waals surface area contributed by atoms with Crippen LogP contribution in [0.3, 0.4) is 0 Å². The van der Waals surface area contributed by atoms with E-state index < -0.39 is 0 Å². The summed E-state index contributed by atoms with van der Waals surface area (Å²) in [6.45, 7) is 18.7. The maximum atomic E-state index is 6.42. The summed E-state index contributed by atoms with van der Waals surface area (Å²) >= 11 is 0. The summed E-state index contributed by atoms with van der Waals surface area (Å²) in [4.78, 5) is 4.40. The molecular weight excluding hydrogens is 689 g/mol. The topological polar surface area (TPSA) is 31.4 Å². The molecule has 0 unspecified atom stereocenters. The predicted molar refractivity (Wildman–Crippen MR) is 162 cm³/mol. The van der Waals surface area contributed by atoms with Gasteiger partial charge in [-0.3, -0.25) is 0 Å². The van der Waals surface area contributed by atoms with Crippen molar-refractivity contribution in [2.75, 3.05) is 13.7 Å². The van der Waals surface area contributed by atoms with E-state index in [9.17, 15) is 0 Å². The molecule has 0 radical (unpaired) electrons. The Bertz CT molecular complexity index is 1610. The number of pyridine rings is 1. The van der Waals surface area contributed by atoms with E-state index in [0.29, 0.717) is 27.6 Å². The molecule has 3 aliphatic heterocycles. The smallest absolute Gasteiger partial charge is 0.216 e. The Labute approximate surface area is 259 Å². The van der Waals surface area contributed by atoms with Gasteiger partial charge in [-0.25, -0.2) is 4.98 Å². The monoisotopic (exact) mass is 727 g/mol. The first-order chi connectivity index (χ1) is 18.7. The van der Waals surface area contributed by atoms with Crippen LogP contribution >= 0.6 is 0 Å². The minimum Gasteiger partial charge on any atom is -0.509 e. The van der Waals surface area contributed by atoms with Gasteiger partial charge in [-0.2, -0.15) is 6.07 Å². The molecule has 1 saturated heterocycles. The molecule has 0 saturated carbocycles. The molecule has 0 aliphatic carbocycles. The third-order valence-electron chi connectivity index (χ3n) is 7.98. The average Bonchev–Trinajstić information content (AvgIpc) is 3.25. The number of aryl methyl sites for hydroxylation is 1. The molecule has 4 heterocycles. The minimum absolute atomic E-state index is 0. The molecule has 3 aliphatic rings. The second kappa shape index (κ2) is 10.1. The summed E-state index contributed by atoms with van der Waals surface area (Å²) < 4.78 is 14.0. The van der Waals surface area contributed by atoms with Crippen molar-refractivity contribution in [3.63, 3.8) is 0 Å². The van der Waals surface area contributed by atoms with Gasteiger partial charge in [0.25, 0.3) is 0 Å². The third kappa shape index (κ3) is 5.36. The van der Waals surface area contributed by atoms with Crippen LogP contribution in [0.15, 0.2) is 66.9 Å². The van der Waals surface area contributed by atoms with Gasteiger partial charge in [-0.1, -0.05) is 59.7 Å². The van der Waals surface area contributed by atoms with E-state index in [1.165, 1.54) is 22.5 Å². The average molecular weight is 728 g/mol. The van der Waals surface area contributed by atoms with Gasteiger partial charge in [0.2, 0.25) is 5.88 Å². The van der Waals surface area contributed by atoms with Crippen molar-refractivity contribution in [2.24, 2.45) is 0 Å². The fraction of sp³-hybridized carbons (Fsp3) is 0.314. The number of ether oxygens (including phenoxy) is 2. The van der Waals surface area contributed by atoms with Crippen molar-refractivity contribution in [1.29, 1.82) is 0 Å². The summed E-state index contributed by atoms with van der Waals surface area (Å²) in [7, 11) is 2.28. The zero-order valence-corrected chi connectivity index (χ0v) is 27.4. The van der Waals surface area contributed by atoms with E-state index in [-0.39, 0.29) is 31.9 Å². The molecule has 6 heteroatoms. The van der Waals surface area contributed by atoms with Crippen LogP contribution in [-0.2, 0) is 31.9 Å². The van der Waals surface area contributed by atoms with Gasteiger partial charge in [-0.15, -0.1) is 29.8 Å². The number of aromatic nitrogens is 1. The molecule has 7 rings (SSSR count). The molecule has 216 valence electrons. The summed E-state index contributed by atoms with van der Waals surface area (Å²) in [5, 5.41) is 0. The molecular formula is C35H38N3O2Pt-. The Hall–Kier alpha value is -2.98. The van der Waals surface area contributed by atoms with E-state index in [1.807, 2.05) is 30.3 Å². The molecule has 5 nitrogen and oxygen atoms in total.